The molecule has 2 bridgehead atoms. The fourth-order valence-corrected chi connectivity index (χ4v) is 6.01. The lowest BCUT2D eigenvalue weighted by Gasteiger charge is -2.42. The average molecular weight is 443 g/mol. The maximum Gasteiger partial charge on any atom is 0.249 e. The van der Waals surface area contributed by atoms with Crippen LogP contribution >= 0.6 is 0 Å². The number of piperidine rings is 1. The van der Waals surface area contributed by atoms with Gasteiger partial charge in [0.2, 0.25) is 5.91 Å². The van der Waals surface area contributed by atoms with Crippen LogP contribution in [-0.2, 0) is 14.3 Å². The summed E-state index contributed by atoms with van der Waals surface area (Å²) in [5.74, 6) is 1.67. The van der Waals surface area contributed by atoms with Gasteiger partial charge in [-0.25, -0.2) is 0 Å². The Bertz CT molecular complexity index is 758. The summed E-state index contributed by atoms with van der Waals surface area (Å²) < 4.78 is 18.6. The molecule has 0 aromatic heterocycles. The second kappa shape index (κ2) is 10.5. The van der Waals surface area contributed by atoms with Crippen LogP contribution in [0.5, 0.6) is 5.75 Å². The molecule has 6 rings (SSSR count). The van der Waals surface area contributed by atoms with Crippen LogP contribution in [0.3, 0.4) is 0 Å². The first-order chi connectivity index (χ1) is 15.8. The topological polar surface area (TPSA) is 60.0 Å². The van der Waals surface area contributed by atoms with Gasteiger partial charge in [-0.2, -0.15) is 0 Å². The Morgan fingerprint density at radius 2 is 1.78 bits per heavy atom. The van der Waals surface area contributed by atoms with E-state index in [2.05, 4.69) is 34.5 Å². The number of hydrogen-bond acceptors (Lipinski definition) is 5. The molecular formula is C26H38N2O4. The van der Waals surface area contributed by atoms with Gasteiger partial charge in [0, 0.05) is 19.2 Å². The first-order valence-corrected chi connectivity index (χ1v) is 12.8. The van der Waals surface area contributed by atoms with Crippen molar-refractivity contribution < 1.29 is 19.0 Å². The molecule has 5 aliphatic rings. The quantitative estimate of drug-likeness (QED) is 0.758. The summed E-state index contributed by atoms with van der Waals surface area (Å²) in [6.07, 6.45) is 9.57. The van der Waals surface area contributed by atoms with Crippen molar-refractivity contribution in [2.45, 2.75) is 88.0 Å². The van der Waals surface area contributed by atoms with Crippen molar-refractivity contribution in [3.63, 3.8) is 0 Å². The van der Waals surface area contributed by atoms with Crippen LogP contribution in [0.25, 0.3) is 0 Å². The largest absolute Gasteiger partial charge is 0.492 e. The third kappa shape index (κ3) is 5.13. The summed E-state index contributed by atoms with van der Waals surface area (Å²) in [7, 11) is 0. The third-order valence-electron chi connectivity index (χ3n) is 7.87. The van der Waals surface area contributed by atoms with Gasteiger partial charge in [-0.15, -0.1) is 0 Å². The molecule has 0 unspecified atom stereocenters. The van der Waals surface area contributed by atoms with E-state index in [1.165, 1.54) is 5.56 Å². The van der Waals surface area contributed by atoms with Crippen molar-refractivity contribution in [2.75, 3.05) is 32.9 Å². The fraction of sp³-hybridized carbons (Fsp3) is 0.731. The number of para-hydroxylation sites is 1. The van der Waals surface area contributed by atoms with E-state index in [0.29, 0.717) is 31.8 Å². The van der Waals surface area contributed by atoms with Crippen LogP contribution in [0.15, 0.2) is 24.3 Å². The Morgan fingerprint density at radius 1 is 0.906 bits per heavy atom. The molecule has 176 valence electrons. The lowest BCUT2D eigenvalue weighted by molar-refractivity contribution is -0.137. The number of hydrogen-bond donors (Lipinski definition) is 1. The van der Waals surface area contributed by atoms with Crippen molar-refractivity contribution >= 4 is 5.91 Å². The highest BCUT2D eigenvalue weighted by Gasteiger charge is 2.36. The van der Waals surface area contributed by atoms with E-state index in [0.717, 1.165) is 76.6 Å². The smallest absolute Gasteiger partial charge is 0.249 e. The van der Waals surface area contributed by atoms with Gasteiger partial charge in [0.25, 0.3) is 0 Å². The first kappa shape index (κ1) is 22.2. The maximum absolute atomic E-state index is 12.9. The molecule has 3 fully saturated rings. The average Bonchev–Trinajstić information content (AvgIpc) is 2.86. The molecular weight excluding hydrogens is 404 g/mol. The Labute approximate surface area is 192 Å². The van der Waals surface area contributed by atoms with Gasteiger partial charge in [-0.1, -0.05) is 18.2 Å². The molecule has 6 nitrogen and oxygen atoms in total. The summed E-state index contributed by atoms with van der Waals surface area (Å²) >= 11 is 0. The molecule has 2 saturated heterocycles. The highest BCUT2D eigenvalue weighted by atomic mass is 16.5. The number of fused-ring (bicyclic) bond motifs is 5. The van der Waals surface area contributed by atoms with Gasteiger partial charge < -0.3 is 19.5 Å². The SMILES string of the molecule is O=C(N[C@H]1CCCN2CCOc3ccccc3C3CCC(CC3)OC[C@@H]12)[C@@H]1CCCCO1. The Kier molecular flexibility index (Phi) is 7.30. The fourth-order valence-electron chi connectivity index (χ4n) is 6.01. The molecule has 3 atom stereocenters. The molecule has 1 N–H and O–H groups in total. The number of nitrogens with zero attached hydrogens (tertiary/aromatic N) is 1. The number of nitrogens with one attached hydrogen (secondary N) is 1. The predicted octanol–water partition coefficient (Wildman–Crippen LogP) is 3.64. The molecule has 32 heavy (non-hydrogen) atoms. The Balaban J connectivity index is 1.30. The van der Waals surface area contributed by atoms with Crippen molar-refractivity contribution in [3.8, 4) is 5.75 Å². The van der Waals surface area contributed by atoms with Crippen LogP contribution in [0.2, 0.25) is 0 Å². The van der Waals surface area contributed by atoms with E-state index >= 15 is 0 Å². The lowest BCUT2D eigenvalue weighted by atomic mass is 9.82. The number of rotatable bonds is 2. The zero-order valence-electron chi connectivity index (χ0n) is 19.2. The molecule has 1 aromatic carbocycles. The summed E-state index contributed by atoms with van der Waals surface area (Å²) in [6.45, 7) is 3.92. The molecule has 1 amide bonds. The molecule has 1 saturated carbocycles. The zero-order valence-corrected chi connectivity index (χ0v) is 19.2. The molecule has 6 heteroatoms. The number of ether oxygens (including phenoxy) is 3. The summed E-state index contributed by atoms with van der Waals surface area (Å²) in [6, 6.07) is 8.87. The van der Waals surface area contributed by atoms with Crippen LogP contribution in [0, 0.1) is 0 Å². The number of carbonyl (C=O) groups excluding carboxylic acids is 1. The van der Waals surface area contributed by atoms with E-state index in [1.54, 1.807) is 0 Å². The predicted molar refractivity (Wildman–Crippen MR) is 123 cm³/mol. The summed E-state index contributed by atoms with van der Waals surface area (Å²) in [4.78, 5) is 15.4. The highest BCUT2D eigenvalue weighted by Crippen LogP contribution is 2.38. The van der Waals surface area contributed by atoms with Crippen molar-refractivity contribution in [1.29, 1.82) is 0 Å². The summed E-state index contributed by atoms with van der Waals surface area (Å²) in [5, 5.41) is 3.34. The van der Waals surface area contributed by atoms with Crippen LogP contribution in [0.4, 0.5) is 0 Å². The van der Waals surface area contributed by atoms with E-state index in [1.807, 2.05) is 0 Å². The van der Waals surface area contributed by atoms with Gasteiger partial charge in [-0.05, 0) is 81.9 Å². The van der Waals surface area contributed by atoms with Gasteiger partial charge in [-0.3, -0.25) is 9.69 Å². The molecule has 0 spiro atoms. The summed E-state index contributed by atoms with van der Waals surface area (Å²) in [5.41, 5.74) is 1.36. The Morgan fingerprint density at radius 3 is 2.62 bits per heavy atom. The van der Waals surface area contributed by atoms with E-state index in [4.69, 9.17) is 14.2 Å². The Hall–Kier alpha value is -1.63. The number of benzene rings is 1. The van der Waals surface area contributed by atoms with Crippen LogP contribution < -0.4 is 10.1 Å². The monoisotopic (exact) mass is 442 g/mol. The van der Waals surface area contributed by atoms with Crippen molar-refractivity contribution in [1.82, 2.24) is 10.2 Å². The molecule has 4 aliphatic heterocycles. The molecule has 1 aromatic rings. The van der Waals surface area contributed by atoms with Gasteiger partial charge in [0.05, 0.1) is 18.8 Å². The molecule has 1 aliphatic carbocycles. The van der Waals surface area contributed by atoms with Gasteiger partial charge >= 0.3 is 0 Å². The van der Waals surface area contributed by atoms with Crippen LogP contribution in [0.1, 0.15) is 69.3 Å². The standard InChI is InChI=1S/C26H38N2O4/c29-26(25-9-3-4-16-30-25)27-22-7-5-14-28-15-17-31-24-8-2-1-6-21(24)19-10-12-20(13-11-19)32-18-23(22)28/h1-2,6,8,19-20,22-23,25H,3-5,7,9-18H2,(H,27,29)/t19?,20?,22-,23-,25-/m0/s1. The lowest BCUT2D eigenvalue weighted by Crippen LogP contribution is -2.59. The minimum absolute atomic E-state index is 0.0603. The molecule has 0 radical (unpaired) electrons. The first-order valence-electron chi connectivity index (χ1n) is 12.8. The number of amides is 1. The van der Waals surface area contributed by atoms with E-state index in [9.17, 15) is 4.79 Å². The van der Waals surface area contributed by atoms with Gasteiger partial charge in [0.15, 0.2) is 0 Å². The van der Waals surface area contributed by atoms with Gasteiger partial charge in [0.1, 0.15) is 18.5 Å². The van der Waals surface area contributed by atoms with Crippen molar-refractivity contribution in [3.05, 3.63) is 29.8 Å². The number of carbonyl (C=O) groups is 1. The third-order valence-corrected chi connectivity index (χ3v) is 7.87. The van der Waals surface area contributed by atoms with E-state index < -0.39 is 0 Å². The zero-order chi connectivity index (χ0) is 21.8. The second-order valence-electron chi connectivity index (χ2n) is 9.91. The minimum Gasteiger partial charge on any atom is -0.492 e. The highest BCUT2D eigenvalue weighted by molar-refractivity contribution is 5.81. The normalized spacial score (nSPS) is 34.1. The van der Waals surface area contributed by atoms with Crippen LogP contribution in [-0.4, -0.2) is 68.0 Å². The van der Waals surface area contributed by atoms with E-state index in [-0.39, 0.29) is 24.1 Å². The van der Waals surface area contributed by atoms with Crippen molar-refractivity contribution in [2.24, 2.45) is 0 Å². The molecule has 4 heterocycles. The minimum atomic E-state index is -0.287. The maximum atomic E-state index is 12.9. The second-order valence-corrected chi connectivity index (χ2v) is 9.91.